The summed E-state index contributed by atoms with van der Waals surface area (Å²) in [5.74, 6) is 0.882. The molecule has 2 aromatic heterocycles. The molecule has 2 aromatic rings. The second-order valence-electron chi connectivity index (χ2n) is 3.21. The molecule has 0 radical (unpaired) electrons. The van der Waals surface area contributed by atoms with Crippen LogP contribution in [0.25, 0.3) is 0 Å². The predicted octanol–water partition coefficient (Wildman–Crippen LogP) is 2.45. The minimum absolute atomic E-state index is 0.315. The highest BCUT2D eigenvalue weighted by Crippen LogP contribution is 2.23. The lowest BCUT2D eigenvalue weighted by atomic mass is 10.2. The Kier molecular flexibility index (Phi) is 2.79. The molecule has 0 saturated carbocycles. The maximum Gasteiger partial charge on any atom is 0.237 e. The van der Waals surface area contributed by atoms with Gasteiger partial charge in [0.15, 0.2) is 0 Å². The van der Waals surface area contributed by atoms with Gasteiger partial charge in [0.1, 0.15) is 17.4 Å². The number of rotatable bonds is 2. The van der Waals surface area contributed by atoms with Crippen molar-refractivity contribution >= 4 is 0 Å². The van der Waals surface area contributed by atoms with Gasteiger partial charge >= 0.3 is 0 Å². The summed E-state index contributed by atoms with van der Waals surface area (Å²) in [6.45, 7) is 1.84. The summed E-state index contributed by atoms with van der Waals surface area (Å²) in [7, 11) is 0. The van der Waals surface area contributed by atoms with E-state index in [0.29, 0.717) is 17.2 Å². The Morgan fingerprint density at radius 3 is 2.88 bits per heavy atom. The van der Waals surface area contributed by atoms with E-state index in [0.717, 1.165) is 5.56 Å². The van der Waals surface area contributed by atoms with Crippen molar-refractivity contribution in [3.05, 3.63) is 47.9 Å². The molecule has 0 fully saturated rings. The molecule has 0 atom stereocenters. The van der Waals surface area contributed by atoms with Gasteiger partial charge in [0.25, 0.3) is 0 Å². The van der Waals surface area contributed by atoms with E-state index in [-0.39, 0.29) is 0 Å². The summed E-state index contributed by atoms with van der Waals surface area (Å²) in [5.41, 5.74) is 1.29. The molecule has 0 N–H and O–H groups in total. The van der Waals surface area contributed by atoms with Crippen molar-refractivity contribution in [3.8, 4) is 17.7 Å². The summed E-state index contributed by atoms with van der Waals surface area (Å²) in [6, 6.07) is 7.37. The summed E-state index contributed by atoms with van der Waals surface area (Å²) in [4.78, 5) is 7.96. The molecule has 0 unspecified atom stereocenters. The molecule has 78 valence electrons. The molecule has 4 heteroatoms. The topological polar surface area (TPSA) is 58.8 Å². The fourth-order valence-electron chi connectivity index (χ4n) is 1.27. The van der Waals surface area contributed by atoms with Crippen LogP contribution in [0.5, 0.6) is 11.6 Å². The molecule has 4 nitrogen and oxygen atoms in total. The zero-order chi connectivity index (χ0) is 11.4. The van der Waals surface area contributed by atoms with E-state index in [1.807, 2.05) is 6.92 Å². The molecule has 0 aliphatic heterocycles. The molecule has 0 spiro atoms. The Morgan fingerprint density at radius 2 is 2.19 bits per heavy atom. The summed E-state index contributed by atoms with van der Waals surface area (Å²) in [5, 5.41) is 8.99. The summed E-state index contributed by atoms with van der Waals surface area (Å²) >= 11 is 0. The van der Waals surface area contributed by atoms with Gasteiger partial charge in [0.05, 0.1) is 6.20 Å². The van der Waals surface area contributed by atoms with E-state index in [1.165, 1.54) is 0 Å². The molecular formula is C12H9N3O. The standard InChI is InChI=1S/C12H9N3O/c1-9-4-6-15-12(11(9)7-13)16-10-3-2-5-14-8-10/h2-6,8H,1H3. The molecule has 0 aliphatic rings. The van der Waals surface area contributed by atoms with Gasteiger partial charge in [0, 0.05) is 12.4 Å². The zero-order valence-electron chi connectivity index (χ0n) is 8.71. The van der Waals surface area contributed by atoms with E-state index in [1.54, 1.807) is 36.8 Å². The van der Waals surface area contributed by atoms with Crippen LogP contribution in [0.4, 0.5) is 0 Å². The van der Waals surface area contributed by atoms with Crippen molar-refractivity contribution in [1.82, 2.24) is 9.97 Å². The molecule has 16 heavy (non-hydrogen) atoms. The Hall–Kier alpha value is -2.41. The highest BCUT2D eigenvalue weighted by Gasteiger charge is 2.08. The molecule has 0 saturated heterocycles. The number of nitrogens with zero attached hydrogens (tertiary/aromatic N) is 3. The predicted molar refractivity (Wildman–Crippen MR) is 58.0 cm³/mol. The van der Waals surface area contributed by atoms with E-state index in [2.05, 4.69) is 16.0 Å². The Morgan fingerprint density at radius 1 is 1.31 bits per heavy atom. The molecule has 2 heterocycles. The Labute approximate surface area is 93.2 Å². The largest absolute Gasteiger partial charge is 0.436 e. The average Bonchev–Trinajstić information content (AvgIpc) is 2.31. The molecule has 0 aromatic carbocycles. The van der Waals surface area contributed by atoms with Gasteiger partial charge in [-0.1, -0.05) is 0 Å². The van der Waals surface area contributed by atoms with Crippen LogP contribution in [-0.2, 0) is 0 Å². The number of hydrogen-bond acceptors (Lipinski definition) is 4. The first kappa shape index (κ1) is 10.1. The highest BCUT2D eigenvalue weighted by atomic mass is 16.5. The molecule has 0 amide bonds. The van der Waals surface area contributed by atoms with Crippen LogP contribution in [0.15, 0.2) is 36.8 Å². The van der Waals surface area contributed by atoms with Crippen LogP contribution in [0.2, 0.25) is 0 Å². The smallest absolute Gasteiger partial charge is 0.237 e. The first-order chi connectivity index (χ1) is 7.81. The molecule has 2 rings (SSSR count). The van der Waals surface area contributed by atoms with Crippen molar-refractivity contribution in [2.45, 2.75) is 6.92 Å². The van der Waals surface area contributed by atoms with E-state index in [4.69, 9.17) is 10.00 Å². The van der Waals surface area contributed by atoms with Crippen LogP contribution in [0.1, 0.15) is 11.1 Å². The maximum absolute atomic E-state index is 8.99. The number of aromatic nitrogens is 2. The quantitative estimate of drug-likeness (QED) is 0.765. The van der Waals surface area contributed by atoms with Gasteiger partial charge in [-0.25, -0.2) is 4.98 Å². The van der Waals surface area contributed by atoms with Gasteiger partial charge in [-0.05, 0) is 30.7 Å². The Bertz CT molecular complexity index is 532. The maximum atomic E-state index is 8.99. The minimum atomic E-state index is 0.315. The van der Waals surface area contributed by atoms with Crippen molar-refractivity contribution in [2.24, 2.45) is 0 Å². The van der Waals surface area contributed by atoms with Crippen molar-refractivity contribution < 1.29 is 4.74 Å². The number of pyridine rings is 2. The van der Waals surface area contributed by atoms with E-state index < -0.39 is 0 Å². The second-order valence-corrected chi connectivity index (χ2v) is 3.21. The van der Waals surface area contributed by atoms with Crippen molar-refractivity contribution in [2.75, 3.05) is 0 Å². The van der Waals surface area contributed by atoms with E-state index >= 15 is 0 Å². The van der Waals surface area contributed by atoms with Gasteiger partial charge in [-0.3, -0.25) is 4.98 Å². The normalized spacial score (nSPS) is 9.50. The highest BCUT2D eigenvalue weighted by molar-refractivity contribution is 5.45. The molecule has 0 bridgehead atoms. The van der Waals surface area contributed by atoms with E-state index in [9.17, 15) is 0 Å². The third-order valence-corrected chi connectivity index (χ3v) is 2.09. The molecular weight excluding hydrogens is 202 g/mol. The Balaban J connectivity index is 2.36. The summed E-state index contributed by atoms with van der Waals surface area (Å²) in [6.07, 6.45) is 4.84. The first-order valence-electron chi connectivity index (χ1n) is 4.75. The van der Waals surface area contributed by atoms with Crippen LogP contribution in [0.3, 0.4) is 0 Å². The van der Waals surface area contributed by atoms with Gasteiger partial charge < -0.3 is 4.74 Å². The third-order valence-electron chi connectivity index (χ3n) is 2.09. The lowest BCUT2D eigenvalue weighted by Gasteiger charge is -2.06. The SMILES string of the molecule is Cc1ccnc(Oc2cccnc2)c1C#N. The fraction of sp³-hybridized carbons (Fsp3) is 0.0833. The van der Waals surface area contributed by atoms with Crippen LogP contribution < -0.4 is 4.74 Å². The number of ether oxygens (including phenoxy) is 1. The third kappa shape index (κ3) is 1.98. The lowest BCUT2D eigenvalue weighted by Crippen LogP contribution is -1.94. The van der Waals surface area contributed by atoms with Crippen molar-refractivity contribution in [3.63, 3.8) is 0 Å². The lowest BCUT2D eigenvalue weighted by molar-refractivity contribution is 0.458. The van der Waals surface area contributed by atoms with Gasteiger partial charge in [-0.15, -0.1) is 0 Å². The minimum Gasteiger partial charge on any atom is -0.436 e. The van der Waals surface area contributed by atoms with Crippen LogP contribution in [-0.4, -0.2) is 9.97 Å². The van der Waals surface area contributed by atoms with Crippen LogP contribution in [0, 0.1) is 18.3 Å². The summed E-state index contributed by atoms with van der Waals surface area (Å²) < 4.78 is 5.49. The fourth-order valence-corrected chi connectivity index (χ4v) is 1.27. The number of aryl methyl sites for hydroxylation is 1. The number of hydrogen-bond donors (Lipinski definition) is 0. The average molecular weight is 211 g/mol. The number of nitriles is 1. The monoisotopic (exact) mass is 211 g/mol. The zero-order valence-corrected chi connectivity index (χ0v) is 8.71. The van der Waals surface area contributed by atoms with Gasteiger partial charge in [-0.2, -0.15) is 5.26 Å². The van der Waals surface area contributed by atoms with Gasteiger partial charge in [0.2, 0.25) is 5.88 Å². The molecule has 0 aliphatic carbocycles. The first-order valence-corrected chi connectivity index (χ1v) is 4.75. The van der Waals surface area contributed by atoms with Crippen LogP contribution >= 0.6 is 0 Å². The second kappa shape index (κ2) is 4.41. The van der Waals surface area contributed by atoms with Crippen molar-refractivity contribution in [1.29, 1.82) is 5.26 Å².